The molecule has 0 fully saturated rings. The molecular weight excluding hydrogens is 256 g/mol. The molecule has 1 nitrogen and oxygen atoms in total. The Labute approximate surface area is 120 Å². The zero-order chi connectivity index (χ0) is 13.7. The van der Waals surface area contributed by atoms with Crippen molar-refractivity contribution in [3.05, 3.63) is 65.2 Å². The molecule has 0 aliphatic rings. The maximum absolute atomic E-state index is 5.91. The van der Waals surface area contributed by atoms with Crippen LogP contribution in [0.15, 0.2) is 48.5 Å². The standard InChI is InChI=1S/C17H19ClO/c1-13(2)14-7-9-17(10-8-14)19-12-16-6-4-3-5-15(16)11-18/h3-10,13H,11-12H2,1-2H3. The fraction of sp³-hybridized carbons (Fsp3) is 0.294. The minimum Gasteiger partial charge on any atom is -0.489 e. The lowest BCUT2D eigenvalue weighted by Crippen LogP contribution is -1.99. The Kier molecular flexibility index (Phi) is 4.86. The molecule has 2 heteroatoms. The molecule has 0 unspecified atom stereocenters. The van der Waals surface area contributed by atoms with Crippen LogP contribution >= 0.6 is 11.6 Å². The van der Waals surface area contributed by atoms with Gasteiger partial charge in [-0.1, -0.05) is 50.2 Å². The number of alkyl halides is 1. The van der Waals surface area contributed by atoms with E-state index in [1.54, 1.807) is 0 Å². The van der Waals surface area contributed by atoms with Crippen molar-refractivity contribution in [2.75, 3.05) is 0 Å². The highest BCUT2D eigenvalue weighted by atomic mass is 35.5. The van der Waals surface area contributed by atoms with Gasteiger partial charge in [-0.15, -0.1) is 11.6 Å². The van der Waals surface area contributed by atoms with E-state index in [2.05, 4.69) is 32.0 Å². The number of halogens is 1. The summed E-state index contributed by atoms with van der Waals surface area (Å²) in [6.07, 6.45) is 0. The number of hydrogen-bond acceptors (Lipinski definition) is 1. The van der Waals surface area contributed by atoms with Crippen molar-refractivity contribution >= 4 is 11.6 Å². The molecule has 0 N–H and O–H groups in total. The maximum Gasteiger partial charge on any atom is 0.119 e. The predicted octanol–water partition coefficient (Wildman–Crippen LogP) is 5.13. The van der Waals surface area contributed by atoms with Gasteiger partial charge in [0.05, 0.1) is 0 Å². The molecule has 0 saturated carbocycles. The molecule has 0 heterocycles. The van der Waals surface area contributed by atoms with Gasteiger partial charge >= 0.3 is 0 Å². The van der Waals surface area contributed by atoms with Gasteiger partial charge in [0, 0.05) is 5.88 Å². The summed E-state index contributed by atoms with van der Waals surface area (Å²) in [5.41, 5.74) is 3.60. The van der Waals surface area contributed by atoms with Crippen molar-refractivity contribution in [2.45, 2.75) is 32.3 Å². The zero-order valence-electron chi connectivity index (χ0n) is 11.4. The summed E-state index contributed by atoms with van der Waals surface area (Å²) in [6.45, 7) is 4.93. The van der Waals surface area contributed by atoms with Crippen molar-refractivity contribution in [3.63, 3.8) is 0 Å². The first-order valence-electron chi connectivity index (χ1n) is 6.56. The minimum absolute atomic E-state index is 0.520. The van der Waals surface area contributed by atoms with Crippen LogP contribution in [0.4, 0.5) is 0 Å². The van der Waals surface area contributed by atoms with Gasteiger partial charge in [-0.25, -0.2) is 0 Å². The summed E-state index contributed by atoms with van der Waals surface area (Å²) in [7, 11) is 0. The Hall–Kier alpha value is -1.47. The second-order valence-corrected chi connectivity index (χ2v) is 5.18. The molecule has 19 heavy (non-hydrogen) atoms. The molecule has 2 rings (SSSR count). The summed E-state index contributed by atoms with van der Waals surface area (Å²) in [5.74, 6) is 1.96. The SMILES string of the molecule is CC(C)c1ccc(OCc2ccccc2CCl)cc1. The second kappa shape index (κ2) is 6.63. The minimum atomic E-state index is 0.520. The smallest absolute Gasteiger partial charge is 0.119 e. The van der Waals surface area contributed by atoms with E-state index in [0.717, 1.165) is 16.9 Å². The van der Waals surface area contributed by atoms with E-state index in [4.69, 9.17) is 16.3 Å². The third-order valence-corrected chi connectivity index (χ3v) is 3.49. The van der Waals surface area contributed by atoms with Crippen molar-refractivity contribution in [1.29, 1.82) is 0 Å². The molecule has 0 radical (unpaired) electrons. The molecule has 0 amide bonds. The second-order valence-electron chi connectivity index (χ2n) is 4.91. The third-order valence-electron chi connectivity index (χ3n) is 3.20. The topological polar surface area (TPSA) is 9.23 Å². The maximum atomic E-state index is 5.91. The van der Waals surface area contributed by atoms with Crippen LogP contribution in [0.25, 0.3) is 0 Å². The highest BCUT2D eigenvalue weighted by Gasteiger charge is 2.03. The zero-order valence-corrected chi connectivity index (χ0v) is 12.2. The Morgan fingerprint density at radius 1 is 0.947 bits per heavy atom. The first-order chi connectivity index (χ1) is 9.20. The van der Waals surface area contributed by atoms with Crippen molar-refractivity contribution in [1.82, 2.24) is 0 Å². The molecule has 0 aliphatic carbocycles. The van der Waals surface area contributed by atoms with Gasteiger partial charge in [-0.3, -0.25) is 0 Å². The Bertz CT molecular complexity index is 517. The average molecular weight is 275 g/mol. The molecule has 0 aromatic heterocycles. The molecule has 100 valence electrons. The monoisotopic (exact) mass is 274 g/mol. The van der Waals surface area contributed by atoms with Crippen LogP contribution in [-0.2, 0) is 12.5 Å². The third kappa shape index (κ3) is 3.74. The van der Waals surface area contributed by atoms with Gasteiger partial charge in [-0.05, 0) is 34.7 Å². The molecular formula is C17H19ClO. The summed E-state index contributed by atoms with van der Waals surface area (Å²) in [5, 5.41) is 0. The van der Waals surface area contributed by atoms with Crippen molar-refractivity contribution in [3.8, 4) is 5.75 Å². The van der Waals surface area contributed by atoms with E-state index in [1.807, 2.05) is 30.3 Å². The lowest BCUT2D eigenvalue weighted by atomic mass is 10.0. The van der Waals surface area contributed by atoms with E-state index in [9.17, 15) is 0 Å². The molecule has 2 aromatic rings. The van der Waals surface area contributed by atoms with E-state index >= 15 is 0 Å². The Morgan fingerprint density at radius 3 is 2.16 bits per heavy atom. The Morgan fingerprint density at radius 2 is 1.58 bits per heavy atom. The van der Waals surface area contributed by atoms with Crippen LogP contribution in [-0.4, -0.2) is 0 Å². The first kappa shape index (κ1) is 14.0. The van der Waals surface area contributed by atoms with Crippen LogP contribution in [0.5, 0.6) is 5.75 Å². The van der Waals surface area contributed by atoms with E-state index in [1.165, 1.54) is 5.56 Å². The normalized spacial score (nSPS) is 10.7. The van der Waals surface area contributed by atoms with Crippen LogP contribution < -0.4 is 4.74 Å². The van der Waals surface area contributed by atoms with Crippen LogP contribution in [0.1, 0.15) is 36.5 Å². The Balaban J connectivity index is 2.02. The summed E-state index contributed by atoms with van der Waals surface area (Å²) in [4.78, 5) is 0. The number of ether oxygens (including phenoxy) is 1. The fourth-order valence-electron chi connectivity index (χ4n) is 1.94. The van der Waals surface area contributed by atoms with Crippen LogP contribution in [0.2, 0.25) is 0 Å². The van der Waals surface area contributed by atoms with Crippen molar-refractivity contribution in [2.24, 2.45) is 0 Å². The highest BCUT2D eigenvalue weighted by Crippen LogP contribution is 2.20. The van der Waals surface area contributed by atoms with E-state index in [0.29, 0.717) is 18.4 Å². The van der Waals surface area contributed by atoms with Crippen LogP contribution in [0.3, 0.4) is 0 Å². The van der Waals surface area contributed by atoms with E-state index in [-0.39, 0.29) is 0 Å². The van der Waals surface area contributed by atoms with Crippen LogP contribution in [0, 0.1) is 0 Å². The molecule has 0 saturated heterocycles. The van der Waals surface area contributed by atoms with Gasteiger partial charge in [-0.2, -0.15) is 0 Å². The summed E-state index contributed by atoms with van der Waals surface area (Å²) < 4.78 is 5.81. The fourth-order valence-corrected chi connectivity index (χ4v) is 2.20. The molecule has 0 bridgehead atoms. The predicted molar refractivity (Wildman–Crippen MR) is 80.9 cm³/mol. The summed E-state index contributed by atoms with van der Waals surface area (Å²) in [6, 6.07) is 16.4. The quantitative estimate of drug-likeness (QED) is 0.687. The summed E-state index contributed by atoms with van der Waals surface area (Å²) >= 11 is 5.91. The van der Waals surface area contributed by atoms with E-state index < -0.39 is 0 Å². The lowest BCUT2D eigenvalue weighted by molar-refractivity contribution is 0.305. The number of hydrogen-bond donors (Lipinski definition) is 0. The van der Waals surface area contributed by atoms with Gasteiger partial charge < -0.3 is 4.74 Å². The molecule has 0 atom stereocenters. The largest absolute Gasteiger partial charge is 0.489 e. The highest BCUT2D eigenvalue weighted by molar-refractivity contribution is 6.17. The molecule has 2 aromatic carbocycles. The van der Waals surface area contributed by atoms with Crippen molar-refractivity contribution < 1.29 is 4.74 Å². The van der Waals surface area contributed by atoms with Gasteiger partial charge in [0.15, 0.2) is 0 Å². The molecule has 0 spiro atoms. The lowest BCUT2D eigenvalue weighted by Gasteiger charge is -2.11. The van der Waals surface area contributed by atoms with Gasteiger partial charge in [0.2, 0.25) is 0 Å². The van der Waals surface area contributed by atoms with Gasteiger partial charge in [0.1, 0.15) is 12.4 Å². The average Bonchev–Trinajstić information content (AvgIpc) is 2.45. The first-order valence-corrected chi connectivity index (χ1v) is 7.09. The molecule has 0 aliphatic heterocycles. The number of benzene rings is 2. The number of rotatable bonds is 5. The van der Waals surface area contributed by atoms with Gasteiger partial charge in [0.25, 0.3) is 0 Å².